The summed E-state index contributed by atoms with van der Waals surface area (Å²) in [6, 6.07) is 5.19. The summed E-state index contributed by atoms with van der Waals surface area (Å²) in [7, 11) is 0. The Hall–Kier alpha value is -2.82. The molecule has 0 radical (unpaired) electrons. The van der Waals surface area contributed by atoms with Crippen LogP contribution in [0.5, 0.6) is 0 Å². The maximum Gasteiger partial charge on any atom is 0.261 e. The van der Waals surface area contributed by atoms with Gasteiger partial charge in [0.2, 0.25) is 0 Å². The molecule has 0 aliphatic heterocycles. The molecule has 0 spiro atoms. The van der Waals surface area contributed by atoms with Crippen molar-refractivity contribution in [2.24, 2.45) is 5.92 Å². The van der Waals surface area contributed by atoms with Gasteiger partial charge in [-0.1, -0.05) is 25.4 Å². The molecule has 1 amide bonds. The molecule has 1 fully saturated rings. The SMILES string of the molecule is CC(C)Cc1nc2cnc(-n3nccn3)cc2n1[C@@H]1C[C@@H](O)C[C@H](NC(=O)c2ccc(Cl)s2)C1. The van der Waals surface area contributed by atoms with Crippen molar-refractivity contribution in [3.8, 4) is 5.82 Å². The quantitative estimate of drug-likeness (QED) is 0.417. The molecule has 0 aromatic carbocycles. The Labute approximate surface area is 205 Å². The van der Waals surface area contributed by atoms with E-state index in [0.717, 1.165) is 23.3 Å². The number of aromatic nitrogens is 6. The predicted octanol–water partition coefficient (Wildman–Crippen LogP) is 3.81. The lowest BCUT2D eigenvalue weighted by atomic mass is 9.88. The van der Waals surface area contributed by atoms with Crippen molar-refractivity contribution in [1.82, 2.24) is 34.8 Å². The highest BCUT2D eigenvalue weighted by atomic mass is 35.5. The third kappa shape index (κ3) is 4.70. The molecule has 2 N–H and O–H groups in total. The molecule has 178 valence electrons. The molecule has 4 aromatic heterocycles. The number of amides is 1. The Morgan fingerprint density at radius 2 is 2.06 bits per heavy atom. The van der Waals surface area contributed by atoms with Crippen LogP contribution in [0.1, 0.15) is 54.6 Å². The number of aliphatic hydroxyl groups excluding tert-OH is 1. The number of rotatable bonds is 6. The van der Waals surface area contributed by atoms with Gasteiger partial charge in [-0.05, 0) is 37.3 Å². The van der Waals surface area contributed by atoms with Crippen molar-refractivity contribution in [1.29, 1.82) is 0 Å². The second-order valence-corrected chi connectivity index (χ2v) is 10.8. The van der Waals surface area contributed by atoms with Crippen molar-refractivity contribution in [3.05, 3.63) is 51.8 Å². The van der Waals surface area contributed by atoms with Gasteiger partial charge in [-0.15, -0.1) is 16.1 Å². The van der Waals surface area contributed by atoms with E-state index in [1.165, 1.54) is 16.1 Å². The number of thiophene rings is 1. The number of carbonyl (C=O) groups is 1. The molecule has 4 aromatic rings. The first-order chi connectivity index (χ1) is 16.4. The molecule has 11 heteroatoms. The monoisotopic (exact) mass is 499 g/mol. The van der Waals surface area contributed by atoms with Crippen molar-refractivity contribution >= 4 is 39.9 Å². The smallest absolute Gasteiger partial charge is 0.261 e. The minimum atomic E-state index is -0.533. The van der Waals surface area contributed by atoms with Gasteiger partial charge in [0.1, 0.15) is 11.3 Å². The zero-order chi connectivity index (χ0) is 23.8. The molecule has 9 nitrogen and oxygen atoms in total. The molecule has 3 atom stereocenters. The Kier molecular flexibility index (Phi) is 6.37. The zero-order valence-electron chi connectivity index (χ0n) is 18.9. The van der Waals surface area contributed by atoms with Crippen LogP contribution in [-0.2, 0) is 6.42 Å². The molecule has 34 heavy (non-hydrogen) atoms. The molecule has 1 aliphatic rings. The molecule has 5 rings (SSSR count). The number of hydrogen-bond donors (Lipinski definition) is 2. The number of carbonyl (C=O) groups excluding carboxylic acids is 1. The molecule has 0 saturated heterocycles. The van der Waals surface area contributed by atoms with Gasteiger partial charge >= 0.3 is 0 Å². The predicted molar refractivity (Wildman–Crippen MR) is 130 cm³/mol. The van der Waals surface area contributed by atoms with Crippen molar-refractivity contribution in [2.45, 2.75) is 57.7 Å². The van der Waals surface area contributed by atoms with Crippen LogP contribution < -0.4 is 5.32 Å². The zero-order valence-corrected chi connectivity index (χ0v) is 20.5. The third-order valence-electron chi connectivity index (χ3n) is 6.00. The van der Waals surface area contributed by atoms with Crippen LogP contribution in [0.3, 0.4) is 0 Å². The molecule has 1 aliphatic carbocycles. The fourth-order valence-electron chi connectivity index (χ4n) is 4.68. The van der Waals surface area contributed by atoms with Crippen molar-refractivity contribution in [3.63, 3.8) is 0 Å². The number of halogens is 1. The second kappa shape index (κ2) is 9.44. The molecule has 4 heterocycles. The topological polar surface area (TPSA) is 111 Å². The number of imidazole rings is 1. The number of aliphatic hydroxyl groups is 1. The Morgan fingerprint density at radius 3 is 2.76 bits per heavy atom. The standard InChI is InChI=1S/C23H26ClN7O2S/c1-13(2)7-22-29-17-12-25-21(31-26-5-6-27-31)11-18(17)30(22)15-8-14(9-16(32)10-15)28-23(33)19-3-4-20(24)34-19/h3-6,11-16,32H,7-10H2,1-2H3,(H,28,33)/t14-,15+,16+/m1/s1. The summed E-state index contributed by atoms with van der Waals surface area (Å²) in [5.74, 6) is 1.80. The minimum absolute atomic E-state index is 0.0273. The highest BCUT2D eigenvalue weighted by Crippen LogP contribution is 2.34. The lowest BCUT2D eigenvalue weighted by Gasteiger charge is -2.35. The van der Waals surface area contributed by atoms with Gasteiger partial charge in [-0.3, -0.25) is 4.79 Å². The Bertz CT molecular complexity index is 1300. The van der Waals surface area contributed by atoms with Gasteiger partial charge in [-0.2, -0.15) is 10.2 Å². The van der Waals surface area contributed by atoms with Crippen LogP contribution in [0.4, 0.5) is 0 Å². The van der Waals surface area contributed by atoms with Crippen LogP contribution in [0.2, 0.25) is 4.34 Å². The fourth-order valence-corrected chi connectivity index (χ4v) is 5.63. The average Bonchev–Trinajstić information content (AvgIpc) is 3.52. The van der Waals surface area contributed by atoms with Gasteiger partial charge in [0.25, 0.3) is 5.91 Å². The summed E-state index contributed by atoms with van der Waals surface area (Å²) in [6.45, 7) is 4.32. The summed E-state index contributed by atoms with van der Waals surface area (Å²) in [4.78, 5) is 24.1. The van der Waals surface area contributed by atoms with Crippen LogP contribution in [0.15, 0.2) is 36.8 Å². The van der Waals surface area contributed by atoms with Gasteiger partial charge in [0.05, 0.1) is 39.4 Å². The molecular formula is C23H26ClN7O2S. The normalized spacial score (nSPS) is 20.8. The van der Waals surface area contributed by atoms with Crippen molar-refractivity contribution in [2.75, 3.05) is 0 Å². The van der Waals surface area contributed by atoms with Crippen LogP contribution in [0.25, 0.3) is 16.9 Å². The van der Waals surface area contributed by atoms with Crippen LogP contribution >= 0.6 is 22.9 Å². The molecule has 0 bridgehead atoms. The summed E-state index contributed by atoms with van der Waals surface area (Å²) in [6.07, 6.45) is 7.01. The van der Waals surface area contributed by atoms with E-state index in [1.54, 1.807) is 30.7 Å². The van der Waals surface area contributed by atoms with E-state index in [9.17, 15) is 9.90 Å². The van der Waals surface area contributed by atoms with E-state index in [-0.39, 0.29) is 18.0 Å². The lowest BCUT2D eigenvalue weighted by Crippen LogP contribution is -2.43. The first-order valence-electron chi connectivity index (χ1n) is 11.3. The average molecular weight is 500 g/mol. The van der Waals surface area contributed by atoms with E-state index in [4.69, 9.17) is 16.6 Å². The first kappa shape index (κ1) is 22.9. The van der Waals surface area contributed by atoms with Crippen LogP contribution in [0, 0.1) is 5.92 Å². The van der Waals surface area contributed by atoms with Gasteiger partial charge < -0.3 is 15.0 Å². The summed E-state index contributed by atoms with van der Waals surface area (Å²) < 4.78 is 2.79. The van der Waals surface area contributed by atoms with Gasteiger partial charge in [0, 0.05) is 24.6 Å². The molecule has 0 unspecified atom stereocenters. The maximum absolute atomic E-state index is 12.7. The van der Waals surface area contributed by atoms with E-state index in [0.29, 0.717) is 40.2 Å². The van der Waals surface area contributed by atoms with E-state index in [2.05, 4.69) is 38.9 Å². The minimum Gasteiger partial charge on any atom is -0.393 e. The van der Waals surface area contributed by atoms with Crippen molar-refractivity contribution < 1.29 is 9.90 Å². The molecular weight excluding hydrogens is 474 g/mol. The number of fused-ring (bicyclic) bond motifs is 1. The number of nitrogens with one attached hydrogen (secondary N) is 1. The molecule has 1 saturated carbocycles. The summed E-state index contributed by atoms with van der Waals surface area (Å²) in [5.41, 5.74) is 1.72. The van der Waals surface area contributed by atoms with Gasteiger partial charge in [0.15, 0.2) is 5.82 Å². The lowest BCUT2D eigenvalue weighted by molar-refractivity contribution is 0.0742. The van der Waals surface area contributed by atoms with Crippen LogP contribution in [-0.4, -0.2) is 52.7 Å². The van der Waals surface area contributed by atoms with E-state index in [1.807, 2.05) is 6.07 Å². The largest absolute Gasteiger partial charge is 0.393 e. The summed E-state index contributed by atoms with van der Waals surface area (Å²) in [5, 5.41) is 22.2. The number of pyridine rings is 1. The third-order valence-corrected chi connectivity index (χ3v) is 7.23. The van der Waals surface area contributed by atoms with E-state index >= 15 is 0 Å². The maximum atomic E-state index is 12.7. The fraction of sp³-hybridized carbons (Fsp3) is 0.435. The Morgan fingerprint density at radius 1 is 1.26 bits per heavy atom. The Balaban J connectivity index is 1.49. The first-order valence-corrected chi connectivity index (χ1v) is 12.5. The highest BCUT2D eigenvalue weighted by Gasteiger charge is 2.32. The highest BCUT2D eigenvalue weighted by molar-refractivity contribution is 7.18. The summed E-state index contributed by atoms with van der Waals surface area (Å²) >= 11 is 7.25. The number of hydrogen-bond acceptors (Lipinski definition) is 7. The number of nitrogens with zero attached hydrogens (tertiary/aromatic N) is 6. The second-order valence-electron chi connectivity index (χ2n) is 9.13. The van der Waals surface area contributed by atoms with Gasteiger partial charge in [-0.25, -0.2) is 9.97 Å². The van der Waals surface area contributed by atoms with E-state index < -0.39 is 6.10 Å².